The van der Waals surface area contributed by atoms with Crippen molar-refractivity contribution in [2.24, 2.45) is 17.8 Å². The number of alkyl halides is 5. The molecule has 10 nitrogen and oxygen atoms in total. The number of carbonyl (C=O) groups excluding carboxylic acids is 5. The second kappa shape index (κ2) is 13.3. The quantitative estimate of drug-likeness (QED) is 0.181. The average Bonchev–Trinajstić information content (AvgIpc) is 3.31. The summed E-state index contributed by atoms with van der Waals surface area (Å²) in [6.45, 7) is 1.58. The average molecular weight is 639 g/mol. The Kier molecular flexibility index (Phi) is 10.2. The molecule has 2 saturated carbocycles. The van der Waals surface area contributed by atoms with Crippen LogP contribution in [0.1, 0.15) is 64.7 Å². The highest BCUT2D eigenvalue weighted by molar-refractivity contribution is 5.94. The number of halogens is 6. The maximum absolute atomic E-state index is 15.2. The number of carbonyl (C=O) groups is 5. The van der Waals surface area contributed by atoms with Gasteiger partial charge in [-0.3, -0.25) is 19.2 Å². The third kappa shape index (κ3) is 7.48. The summed E-state index contributed by atoms with van der Waals surface area (Å²) in [6, 6.07) is -6.15. The summed E-state index contributed by atoms with van der Waals surface area (Å²) in [5.41, 5.74) is 0. The van der Waals surface area contributed by atoms with E-state index in [1.54, 1.807) is 5.32 Å². The zero-order valence-corrected chi connectivity index (χ0v) is 24.1. The Labute approximate surface area is 249 Å². The number of nitrogens with one attached hydrogen (secondary N) is 3. The lowest BCUT2D eigenvalue weighted by Crippen LogP contribution is -2.71. The number of fused-ring (bicyclic) bond motifs is 3. The molecule has 4 amide bonds. The summed E-state index contributed by atoms with van der Waals surface area (Å²) in [5.74, 6) is -13.7. The fourth-order valence-electron chi connectivity index (χ4n) is 6.59. The van der Waals surface area contributed by atoms with Gasteiger partial charge >= 0.3 is 18.1 Å². The fraction of sp³-hybridized carbons (Fsp3) is 0.750. The summed E-state index contributed by atoms with van der Waals surface area (Å²) >= 11 is 0. The minimum Gasteiger partial charge on any atom is -0.461 e. The van der Waals surface area contributed by atoms with Crippen LogP contribution in [0.3, 0.4) is 0 Å². The topological polar surface area (TPSA) is 134 Å². The number of hydrogen-bond acceptors (Lipinski definition) is 6. The van der Waals surface area contributed by atoms with Crippen molar-refractivity contribution in [2.45, 2.75) is 101 Å². The van der Waals surface area contributed by atoms with Gasteiger partial charge in [-0.2, -0.15) is 17.6 Å². The van der Waals surface area contributed by atoms with Gasteiger partial charge in [-0.25, -0.2) is 13.6 Å². The highest BCUT2D eigenvalue weighted by atomic mass is 19.4. The van der Waals surface area contributed by atoms with Gasteiger partial charge in [-0.1, -0.05) is 19.3 Å². The lowest BCUT2D eigenvalue weighted by molar-refractivity contribution is -0.196. The van der Waals surface area contributed by atoms with E-state index in [0.29, 0.717) is 31.9 Å². The number of piperidine rings is 2. The van der Waals surface area contributed by atoms with Gasteiger partial charge in [-0.15, -0.1) is 0 Å². The number of esters is 1. The van der Waals surface area contributed by atoms with Gasteiger partial charge in [0, 0.05) is 24.9 Å². The molecule has 0 spiro atoms. The van der Waals surface area contributed by atoms with Crippen LogP contribution in [0.4, 0.5) is 26.3 Å². The van der Waals surface area contributed by atoms with Crippen LogP contribution >= 0.6 is 0 Å². The fourth-order valence-corrected chi connectivity index (χ4v) is 6.59. The number of ether oxygens (including phenoxy) is 1. The third-order valence-electron chi connectivity index (χ3n) is 8.96. The van der Waals surface area contributed by atoms with Crippen LogP contribution in [0.5, 0.6) is 0 Å². The molecule has 3 heterocycles. The summed E-state index contributed by atoms with van der Waals surface area (Å²) in [6.07, 6.45) is -3.60. The molecule has 246 valence electrons. The molecule has 0 aromatic heterocycles. The predicted molar refractivity (Wildman–Crippen MR) is 140 cm³/mol. The van der Waals surface area contributed by atoms with Crippen molar-refractivity contribution in [1.82, 2.24) is 20.9 Å². The van der Waals surface area contributed by atoms with Crippen molar-refractivity contribution in [3.8, 4) is 0 Å². The summed E-state index contributed by atoms with van der Waals surface area (Å²) < 4.78 is 89.1. The molecule has 16 heteroatoms. The second-order valence-electron chi connectivity index (χ2n) is 11.9. The zero-order chi connectivity index (χ0) is 32.4. The molecule has 0 aromatic rings. The number of hydrogen-bond donors (Lipinski definition) is 3. The Hall–Kier alpha value is -3.33. The van der Waals surface area contributed by atoms with Crippen LogP contribution in [0, 0.1) is 17.8 Å². The second-order valence-corrected chi connectivity index (χ2v) is 11.9. The summed E-state index contributed by atoms with van der Waals surface area (Å²) in [5, 5.41) is 6.69. The monoisotopic (exact) mass is 638 g/mol. The van der Waals surface area contributed by atoms with Crippen molar-refractivity contribution in [1.29, 1.82) is 0 Å². The molecule has 2 bridgehead atoms. The normalized spacial score (nSPS) is 28.0. The Bertz CT molecular complexity index is 1180. The zero-order valence-electron chi connectivity index (χ0n) is 24.1. The van der Waals surface area contributed by atoms with Crippen molar-refractivity contribution in [3.05, 3.63) is 11.9 Å². The van der Waals surface area contributed by atoms with E-state index in [-0.39, 0.29) is 38.2 Å². The Morgan fingerprint density at radius 1 is 1.09 bits per heavy atom. The van der Waals surface area contributed by atoms with Crippen LogP contribution in [0.2, 0.25) is 0 Å². The van der Waals surface area contributed by atoms with E-state index in [1.807, 2.05) is 0 Å². The minimum atomic E-state index is -5.31. The van der Waals surface area contributed by atoms with Crippen molar-refractivity contribution in [2.75, 3.05) is 13.2 Å². The Morgan fingerprint density at radius 3 is 2.34 bits per heavy atom. The first kappa shape index (κ1) is 33.6. The van der Waals surface area contributed by atoms with E-state index in [0.717, 1.165) is 11.3 Å². The van der Waals surface area contributed by atoms with Gasteiger partial charge in [0.1, 0.15) is 12.1 Å². The van der Waals surface area contributed by atoms with Crippen molar-refractivity contribution in [3.63, 3.8) is 0 Å². The molecule has 0 unspecified atom stereocenters. The smallest absolute Gasteiger partial charge is 0.461 e. The molecule has 3 saturated heterocycles. The maximum Gasteiger partial charge on any atom is 0.471 e. The van der Waals surface area contributed by atoms with E-state index in [2.05, 4.69) is 15.4 Å². The van der Waals surface area contributed by atoms with Gasteiger partial charge in [0.05, 0.1) is 18.6 Å². The molecule has 0 aromatic carbocycles. The highest BCUT2D eigenvalue weighted by Gasteiger charge is 2.61. The standard InChI is InChI=1S/C28H36F6N4O6/c1-2-44-25(42)19(29)12-16(11-15-8-9-35-22(15)39)36-23(40)21-18-7-6-17(13-27(18,30)31)38(21)24(41)20(10-14-4-3-5-14)37-26(43)28(32,33)34/h12,14-18,20-21H,2-11,13H2,1H3,(H,35,39)(H,36,40)(H,37,43)/b19-12-/t15-,16-,17-,18-,20+,21+/m0/s1. The number of nitrogens with zero attached hydrogens (tertiary/aromatic N) is 1. The molecule has 6 atom stereocenters. The summed E-state index contributed by atoms with van der Waals surface area (Å²) in [7, 11) is 0. The first-order valence-corrected chi connectivity index (χ1v) is 14.8. The molecule has 3 aliphatic heterocycles. The number of amides is 4. The van der Waals surface area contributed by atoms with Gasteiger partial charge in [0.25, 0.3) is 5.92 Å². The minimum absolute atomic E-state index is 0.0577. The van der Waals surface area contributed by atoms with Crippen molar-refractivity contribution < 1.29 is 55.1 Å². The van der Waals surface area contributed by atoms with Gasteiger partial charge in [0.2, 0.25) is 23.5 Å². The molecular formula is C28H36F6N4O6. The van der Waals surface area contributed by atoms with Gasteiger partial charge in [-0.05, 0) is 51.0 Å². The lowest BCUT2D eigenvalue weighted by Gasteiger charge is -2.54. The molecule has 5 rings (SSSR count). The van der Waals surface area contributed by atoms with Gasteiger partial charge < -0.3 is 25.6 Å². The predicted octanol–water partition coefficient (Wildman–Crippen LogP) is 2.67. The maximum atomic E-state index is 15.2. The van der Waals surface area contributed by atoms with E-state index in [1.165, 1.54) is 6.92 Å². The molecular weight excluding hydrogens is 602 g/mol. The lowest BCUT2D eigenvalue weighted by atomic mass is 9.71. The molecule has 2 aliphatic carbocycles. The van der Waals surface area contributed by atoms with Crippen LogP contribution in [0.25, 0.3) is 0 Å². The largest absolute Gasteiger partial charge is 0.471 e. The van der Waals surface area contributed by atoms with Crippen molar-refractivity contribution >= 4 is 29.6 Å². The SMILES string of the molecule is CCOC(=O)/C(F)=C/[C@H](C[C@@H]1CCNC1=O)NC(=O)[C@H]1[C@@H]2CC[C@@H](CC2(F)F)N1C(=O)[C@@H](CC1CCC1)NC(=O)C(F)(F)F. The van der Waals surface area contributed by atoms with E-state index < -0.39 is 89.9 Å². The van der Waals surface area contributed by atoms with E-state index in [4.69, 9.17) is 0 Å². The van der Waals surface area contributed by atoms with Crippen LogP contribution < -0.4 is 16.0 Å². The number of rotatable bonds is 11. The van der Waals surface area contributed by atoms with Crippen LogP contribution in [-0.4, -0.2) is 83.9 Å². The van der Waals surface area contributed by atoms with E-state index in [9.17, 15) is 41.5 Å². The summed E-state index contributed by atoms with van der Waals surface area (Å²) in [4.78, 5) is 64.4. The Morgan fingerprint density at radius 2 is 1.80 bits per heavy atom. The molecule has 0 radical (unpaired) electrons. The molecule has 44 heavy (non-hydrogen) atoms. The van der Waals surface area contributed by atoms with Gasteiger partial charge in [0.15, 0.2) is 0 Å². The first-order valence-electron chi connectivity index (χ1n) is 14.8. The Balaban J connectivity index is 1.64. The molecule has 3 N–H and O–H groups in total. The third-order valence-corrected chi connectivity index (χ3v) is 8.96. The highest BCUT2D eigenvalue weighted by Crippen LogP contribution is 2.49. The van der Waals surface area contributed by atoms with Crippen LogP contribution in [0.15, 0.2) is 11.9 Å². The molecule has 5 fully saturated rings. The van der Waals surface area contributed by atoms with Crippen LogP contribution in [-0.2, 0) is 28.7 Å². The molecule has 5 aliphatic rings. The van der Waals surface area contributed by atoms with E-state index >= 15 is 8.78 Å². The first-order chi connectivity index (χ1) is 20.6.